The average Bonchev–Trinajstić information content (AvgIpc) is 2.20. The smallest absolute Gasteiger partial charge is 0.361 e. The average molecular weight is 231 g/mol. The van der Waals surface area contributed by atoms with Crippen molar-refractivity contribution in [2.24, 2.45) is 5.16 Å². The summed E-state index contributed by atoms with van der Waals surface area (Å²) < 4.78 is 13.3. The summed E-state index contributed by atoms with van der Waals surface area (Å²) in [5.41, 5.74) is -0.697. The lowest BCUT2D eigenvalue weighted by Gasteiger charge is -2.23. The van der Waals surface area contributed by atoms with Gasteiger partial charge in [0.2, 0.25) is 5.71 Å². The molecule has 1 aliphatic carbocycles. The molecule has 1 fully saturated rings. The van der Waals surface area contributed by atoms with Crippen LogP contribution in [0.25, 0.3) is 0 Å². The van der Waals surface area contributed by atoms with Gasteiger partial charge in [-0.25, -0.2) is 9.18 Å². The summed E-state index contributed by atoms with van der Waals surface area (Å²) in [4.78, 5) is 26.2. The van der Waals surface area contributed by atoms with E-state index in [1.54, 1.807) is 0 Å². The standard InChI is InChI=1S/C10H14FNO4/c1-6(13)9(10(14)15)12-16-8-5-3-2-4-7(8)11/h7-8H,2-5H2,1H3,(H,14,15). The maximum Gasteiger partial charge on any atom is 0.361 e. The molecule has 0 aromatic heterocycles. The van der Waals surface area contributed by atoms with E-state index in [4.69, 9.17) is 9.94 Å². The zero-order valence-electron chi connectivity index (χ0n) is 8.98. The molecule has 1 N–H and O–H groups in total. The zero-order valence-corrected chi connectivity index (χ0v) is 8.98. The Bertz CT molecular complexity index is 300. The van der Waals surface area contributed by atoms with Crippen LogP contribution in [0.3, 0.4) is 0 Å². The first-order valence-electron chi connectivity index (χ1n) is 5.14. The first-order chi connectivity index (χ1) is 7.52. The van der Waals surface area contributed by atoms with Gasteiger partial charge in [-0.1, -0.05) is 11.6 Å². The fourth-order valence-corrected chi connectivity index (χ4v) is 1.54. The van der Waals surface area contributed by atoms with Crippen LogP contribution in [0, 0.1) is 0 Å². The third kappa shape index (κ3) is 3.29. The van der Waals surface area contributed by atoms with Gasteiger partial charge in [-0.15, -0.1) is 0 Å². The third-order valence-electron chi connectivity index (χ3n) is 2.44. The van der Waals surface area contributed by atoms with Crippen LogP contribution in [0.1, 0.15) is 32.6 Å². The van der Waals surface area contributed by atoms with Crippen molar-refractivity contribution in [2.75, 3.05) is 0 Å². The number of Topliss-reactive ketones (excluding diaryl/α,β-unsaturated/α-hetero) is 1. The van der Waals surface area contributed by atoms with E-state index in [1.807, 2.05) is 0 Å². The Balaban J connectivity index is 2.61. The molecule has 0 heterocycles. The van der Waals surface area contributed by atoms with Crippen molar-refractivity contribution in [3.05, 3.63) is 0 Å². The molecule has 1 rings (SSSR count). The van der Waals surface area contributed by atoms with Crippen LogP contribution in [0.2, 0.25) is 0 Å². The number of rotatable bonds is 4. The Morgan fingerprint density at radius 3 is 2.50 bits per heavy atom. The number of carbonyl (C=O) groups excluding carboxylic acids is 1. The highest BCUT2D eigenvalue weighted by Gasteiger charge is 2.27. The van der Waals surface area contributed by atoms with Crippen molar-refractivity contribution in [3.8, 4) is 0 Å². The van der Waals surface area contributed by atoms with E-state index in [0.29, 0.717) is 12.8 Å². The Labute approximate surface area is 92.3 Å². The summed E-state index contributed by atoms with van der Waals surface area (Å²) in [5.74, 6) is -2.17. The normalized spacial score (nSPS) is 26.2. The van der Waals surface area contributed by atoms with Crippen molar-refractivity contribution < 1.29 is 23.9 Å². The Kier molecular flexibility index (Phi) is 4.39. The maximum atomic E-state index is 13.3. The minimum atomic E-state index is -1.46. The molecule has 2 unspecified atom stereocenters. The fourth-order valence-electron chi connectivity index (χ4n) is 1.54. The maximum absolute atomic E-state index is 13.3. The van der Waals surface area contributed by atoms with E-state index >= 15 is 0 Å². The molecule has 0 aliphatic heterocycles. The van der Waals surface area contributed by atoms with Gasteiger partial charge in [0, 0.05) is 6.92 Å². The highest BCUT2D eigenvalue weighted by atomic mass is 19.1. The van der Waals surface area contributed by atoms with Crippen LogP contribution in [0.4, 0.5) is 4.39 Å². The Hall–Kier alpha value is -1.46. The molecule has 0 aromatic carbocycles. The molecule has 6 heteroatoms. The van der Waals surface area contributed by atoms with Crippen molar-refractivity contribution in [2.45, 2.75) is 44.9 Å². The number of alkyl halides is 1. The molecule has 0 saturated heterocycles. The minimum Gasteiger partial charge on any atom is -0.476 e. The van der Waals surface area contributed by atoms with Crippen LogP contribution in [0.5, 0.6) is 0 Å². The van der Waals surface area contributed by atoms with E-state index in [2.05, 4.69) is 5.16 Å². The largest absolute Gasteiger partial charge is 0.476 e. The molecular formula is C10H14FNO4. The summed E-state index contributed by atoms with van der Waals surface area (Å²) in [6.45, 7) is 1.07. The van der Waals surface area contributed by atoms with Gasteiger partial charge in [0.15, 0.2) is 11.9 Å². The van der Waals surface area contributed by atoms with Gasteiger partial charge in [0.25, 0.3) is 0 Å². The van der Waals surface area contributed by atoms with Crippen molar-refractivity contribution >= 4 is 17.5 Å². The second-order valence-corrected chi connectivity index (χ2v) is 3.75. The number of carboxylic acids is 1. The van der Waals surface area contributed by atoms with Gasteiger partial charge in [-0.2, -0.15) is 0 Å². The van der Waals surface area contributed by atoms with Crippen LogP contribution >= 0.6 is 0 Å². The Morgan fingerprint density at radius 1 is 1.38 bits per heavy atom. The van der Waals surface area contributed by atoms with E-state index in [-0.39, 0.29) is 0 Å². The lowest BCUT2D eigenvalue weighted by molar-refractivity contribution is -0.130. The fraction of sp³-hybridized carbons (Fsp3) is 0.700. The van der Waals surface area contributed by atoms with Crippen molar-refractivity contribution in [3.63, 3.8) is 0 Å². The zero-order chi connectivity index (χ0) is 12.1. The number of nitrogens with zero attached hydrogens (tertiary/aromatic N) is 1. The monoisotopic (exact) mass is 231 g/mol. The number of ketones is 1. The second-order valence-electron chi connectivity index (χ2n) is 3.75. The number of carbonyl (C=O) groups is 2. The molecule has 16 heavy (non-hydrogen) atoms. The molecule has 0 spiro atoms. The number of oxime groups is 1. The molecular weight excluding hydrogens is 217 g/mol. The van der Waals surface area contributed by atoms with E-state index in [1.165, 1.54) is 0 Å². The molecule has 1 saturated carbocycles. The second kappa shape index (κ2) is 5.58. The third-order valence-corrected chi connectivity index (χ3v) is 2.44. The number of aliphatic carboxylic acids is 1. The van der Waals surface area contributed by atoms with Crippen LogP contribution in [-0.2, 0) is 14.4 Å². The molecule has 0 amide bonds. The van der Waals surface area contributed by atoms with Crippen molar-refractivity contribution in [1.82, 2.24) is 0 Å². The number of halogens is 1. The van der Waals surface area contributed by atoms with Crippen LogP contribution in [0.15, 0.2) is 5.16 Å². The van der Waals surface area contributed by atoms with Gasteiger partial charge < -0.3 is 9.94 Å². The molecule has 90 valence electrons. The topological polar surface area (TPSA) is 76.0 Å². The molecule has 1 aliphatic rings. The van der Waals surface area contributed by atoms with Crippen molar-refractivity contribution in [1.29, 1.82) is 0 Å². The first kappa shape index (κ1) is 12.6. The summed E-state index contributed by atoms with van der Waals surface area (Å²) in [6.07, 6.45) is 0.631. The van der Waals surface area contributed by atoms with Crippen LogP contribution in [-0.4, -0.2) is 34.8 Å². The molecule has 0 radical (unpaired) electrons. The summed E-state index contributed by atoms with van der Waals surface area (Å²) in [7, 11) is 0. The quantitative estimate of drug-likeness (QED) is 0.449. The highest BCUT2D eigenvalue weighted by molar-refractivity contribution is 6.63. The van der Waals surface area contributed by atoms with Gasteiger partial charge in [0.05, 0.1) is 0 Å². The lowest BCUT2D eigenvalue weighted by Crippen LogP contribution is -2.29. The van der Waals surface area contributed by atoms with Crippen LogP contribution < -0.4 is 0 Å². The predicted octanol–water partition coefficient (Wildman–Crippen LogP) is 1.31. The van der Waals surface area contributed by atoms with E-state index in [0.717, 1.165) is 19.8 Å². The molecule has 5 nitrogen and oxygen atoms in total. The predicted molar refractivity (Wildman–Crippen MR) is 54.0 cm³/mol. The van der Waals surface area contributed by atoms with E-state index < -0.39 is 29.7 Å². The number of hydrogen-bond donors (Lipinski definition) is 1. The van der Waals surface area contributed by atoms with Gasteiger partial charge >= 0.3 is 5.97 Å². The highest BCUT2D eigenvalue weighted by Crippen LogP contribution is 2.23. The first-order valence-corrected chi connectivity index (χ1v) is 5.14. The summed E-state index contributed by atoms with van der Waals surface area (Å²) in [5, 5.41) is 11.8. The summed E-state index contributed by atoms with van der Waals surface area (Å²) in [6, 6.07) is 0. The Morgan fingerprint density at radius 2 is 2.00 bits per heavy atom. The SMILES string of the molecule is CC(=O)C(=NOC1CCCCC1F)C(=O)O. The lowest BCUT2D eigenvalue weighted by atomic mass is 9.96. The molecule has 0 bridgehead atoms. The van der Waals surface area contributed by atoms with Gasteiger partial charge in [-0.3, -0.25) is 4.79 Å². The number of hydrogen-bond acceptors (Lipinski definition) is 4. The van der Waals surface area contributed by atoms with E-state index in [9.17, 15) is 14.0 Å². The number of carboxylic acid groups (broad SMARTS) is 1. The van der Waals surface area contributed by atoms with Gasteiger partial charge in [-0.05, 0) is 19.3 Å². The molecule has 2 atom stereocenters. The summed E-state index contributed by atoms with van der Waals surface area (Å²) >= 11 is 0. The molecule has 0 aromatic rings. The van der Waals surface area contributed by atoms with Gasteiger partial charge in [0.1, 0.15) is 6.17 Å². The minimum absolute atomic E-state index is 0.392.